The molecule has 0 radical (unpaired) electrons. The summed E-state index contributed by atoms with van der Waals surface area (Å²) in [4.78, 5) is 4.30. The Morgan fingerprint density at radius 3 is 2.76 bits per heavy atom. The summed E-state index contributed by atoms with van der Waals surface area (Å²) in [6.07, 6.45) is 2.48. The average Bonchev–Trinajstić information content (AvgIpc) is 2.89. The van der Waals surface area contributed by atoms with Gasteiger partial charge in [-0.05, 0) is 30.7 Å². The van der Waals surface area contributed by atoms with Gasteiger partial charge in [-0.2, -0.15) is 0 Å². The lowest BCUT2D eigenvalue weighted by atomic mass is 10.1. The van der Waals surface area contributed by atoms with Crippen LogP contribution in [0.3, 0.4) is 0 Å². The molecule has 1 aliphatic rings. The number of ether oxygens (including phenoxy) is 1. The zero-order chi connectivity index (χ0) is 11.9. The minimum atomic E-state index is 0.718. The largest absolute Gasteiger partial charge is 0.476 e. The molecule has 0 aliphatic carbocycles. The number of nitrogens with one attached hydrogen (secondary N) is 1. The van der Waals surface area contributed by atoms with Crippen LogP contribution in [0.5, 0.6) is 0 Å². The van der Waals surface area contributed by atoms with Crippen LogP contribution in [-0.2, 0) is 11.3 Å². The van der Waals surface area contributed by atoms with Gasteiger partial charge in [0.25, 0.3) is 0 Å². The van der Waals surface area contributed by atoms with Gasteiger partial charge in [0.2, 0.25) is 5.90 Å². The lowest BCUT2D eigenvalue weighted by molar-refractivity contribution is 0.348. The summed E-state index contributed by atoms with van der Waals surface area (Å²) in [5, 5.41) is 3.43. The molecule has 1 N–H and O–H groups in total. The molecule has 0 unspecified atom stereocenters. The van der Waals surface area contributed by atoms with E-state index in [1.165, 1.54) is 18.4 Å². The van der Waals surface area contributed by atoms with Crippen molar-refractivity contribution in [3.8, 4) is 0 Å². The van der Waals surface area contributed by atoms with Crippen LogP contribution in [0.4, 0.5) is 0 Å². The van der Waals surface area contributed by atoms with E-state index in [-0.39, 0.29) is 0 Å². The molecule has 0 atom stereocenters. The third kappa shape index (κ3) is 3.56. The molecule has 1 aromatic rings. The quantitative estimate of drug-likeness (QED) is 0.764. The smallest absolute Gasteiger partial charge is 0.216 e. The van der Waals surface area contributed by atoms with E-state index in [4.69, 9.17) is 4.74 Å². The van der Waals surface area contributed by atoms with Crippen LogP contribution in [0.1, 0.15) is 30.9 Å². The van der Waals surface area contributed by atoms with Gasteiger partial charge in [0.15, 0.2) is 0 Å². The van der Waals surface area contributed by atoms with E-state index in [2.05, 4.69) is 41.5 Å². The van der Waals surface area contributed by atoms with E-state index in [1.54, 1.807) is 0 Å². The molecule has 3 heteroatoms. The van der Waals surface area contributed by atoms with Crippen LogP contribution in [0.15, 0.2) is 29.3 Å². The standard InChI is InChI=1S/C14H20N2O/c1-2-3-8-15-11-12-4-6-13(7-5-12)14-16-9-10-17-14/h4-7,15H,2-3,8-11H2,1H3. The molecule has 3 nitrogen and oxygen atoms in total. The van der Waals surface area contributed by atoms with Crippen molar-refractivity contribution in [1.82, 2.24) is 5.32 Å². The van der Waals surface area contributed by atoms with Gasteiger partial charge >= 0.3 is 0 Å². The van der Waals surface area contributed by atoms with E-state index in [1.807, 2.05) is 0 Å². The lowest BCUT2D eigenvalue weighted by Crippen LogP contribution is -2.14. The maximum atomic E-state index is 5.43. The van der Waals surface area contributed by atoms with E-state index in [9.17, 15) is 0 Å². The summed E-state index contributed by atoms with van der Waals surface area (Å²) in [6.45, 7) is 5.74. The average molecular weight is 232 g/mol. The maximum absolute atomic E-state index is 5.43. The third-order valence-electron chi connectivity index (χ3n) is 2.82. The highest BCUT2D eigenvalue weighted by Crippen LogP contribution is 2.09. The van der Waals surface area contributed by atoms with Crippen molar-refractivity contribution in [2.24, 2.45) is 4.99 Å². The van der Waals surface area contributed by atoms with Crippen LogP contribution in [0, 0.1) is 0 Å². The second kappa shape index (κ2) is 6.40. The van der Waals surface area contributed by atoms with Gasteiger partial charge in [0.05, 0.1) is 6.54 Å². The van der Waals surface area contributed by atoms with Gasteiger partial charge in [0, 0.05) is 12.1 Å². The van der Waals surface area contributed by atoms with Gasteiger partial charge in [-0.15, -0.1) is 0 Å². The molecular formula is C14H20N2O. The molecule has 0 fully saturated rings. The summed E-state index contributed by atoms with van der Waals surface area (Å²) in [5.74, 6) is 0.787. The first-order valence-corrected chi connectivity index (χ1v) is 6.37. The first kappa shape index (κ1) is 12.1. The highest BCUT2D eigenvalue weighted by Gasteiger charge is 2.09. The van der Waals surface area contributed by atoms with Crippen LogP contribution in [-0.4, -0.2) is 25.6 Å². The summed E-state index contributed by atoms with van der Waals surface area (Å²) in [7, 11) is 0. The Hall–Kier alpha value is -1.35. The molecule has 1 heterocycles. The van der Waals surface area contributed by atoms with E-state index < -0.39 is 0 Å². The monoisotopic (exact) mass is 232 g/mol. The molecule has 17 heavy (non-hydrogen) atoms. The van der Waals surface area contributed by atoms with Gasteiger partial charge in [-0.25, -0.2) is 4.99 Å². The third-order valence-corrected chi connectivity index (χ3v) is 2.82. The second-order valence-corrected chi connectivity index (χ2v) is 4.26. The number of nitrogens with zero attached hydrogens (tertiary/aromatic N) is 1. The number of rotatable bonds is 6. The Morgan fingerprint density at radius 2 is 2.12 bits per heavy atom. The maximum Gasteiger partial charge on any atom is 0.216 e. The van der Waals surface area contributed by atoms with Crippen molar-refractivity contribution in [2.45, 2.75) is 26.3 Å². The van der Waals surface area contributed by atoms with E-state index >= 15 is 0 Å². The Bertz CT molecular complexity index is 370. The van der Waals surface area contributed by atoms with Crippen LogP contribution < -0.4 is 5.32 Å². The van der Waals surface area contributed by atoms with Gasteiger partial charge < -0.3 is 10.1 Å². The van der Waals surface area contributed by atoms with Crippen LogP contribution in [0.2, 0.25) is 0 Å². The zero-order valence-corrected chi connectivity index (χ0v) is 10.4. The highest BCUT2D eigenvalue weighted by atomic mass is 16.5. The van der Waals surface area contributed by atoms with Crippen molar-refractivity contribution in [3.05, 3.63) is 35.4 Å². The first-order valence-electron chi connectivity index (χ1n) is 6.37. The SMILES string of the molecule is CCCCNCc1ccc(C2=NCCO2)cc1. The van der Waals surface area contributed by atoms with Crippen molar-refractivity contribution < 1.29 is 4.74 Å². The normalized spacial score (nSPS) is 14.5. The second-order valence-electron chi connectivity index (χ2n) is 4.26. The van der Waals surface area contributed by atoms with Crippen molar-refractivity contribution >= 4 is 5.90 Å². The molecule has 0 amide bonds. The molecule has 0 spiro atoms. The fraction of sp³-hybridized carbons (Fsp3) is 0.500. The number of hydrogen-bond acceptors (Lipinski definition) is 3. The molecule has 0 aromatic heterocycles. The predicted molar refractivity (Wildman–Crippen MR) is 70.4 cm³/mol. The van der Waals surface area contributed by atoms with Crippen molar-refractivity contribution in [3.63, 3.8) is 0 Å². The number of aliphatic imine (C=N–C) groups is 1. The molecular weight excluding hydrogens is 212 g/mol. The molecule has 92 valence electrons. The van der Waals surface area contributed by atoms with Gasteiger partial charge in [0.1, 0.15) is 6.61 Å². The Kier molecular flexibility index (Phi) is 4.56. The van der Waals surface area contributed by atoms with Crippen molar-refractivity contribution in [2.75, 3.05) is 19.7 Å². The Labute approximate surface area is 103 Å². The summed E-state index contributed by atoms with van der Waals surface area (Å²) >= 11 is 0. The van der Waals surface area contributed by atoms with Crippen molar-refractivity contribution in [1.29, 1.82) is 0 Å². The van der Waals surface area contributed by atoms with E-state index in [0.29, 0.717) is 0 Å². The molecule has 0 bridgehead atoms. The molecule has 0 saturated heterocycles. The minimum absolute atomic E-state index is 0.718. The molecule has 1 aliphatic heterocycles. The van der Waals surface area contributed by atoms with Gasteiger partial charge in [-0.3, -0.25) is 0 Å². The number of unbranched alkanes of at least 4 members (excludes halogenated alkanes) is 1. The Balaban J connectivity index is 1.85. The van der Waals surface area contributed by atoms with Crippen LogP contribution >= 0.6 is 0 Å². The summed E-state index contributed by atoms with van der Waals surface area (Å²) in [6, 6.07) is 8.44. The van der Waals surface area contributed by atoms with E-state index in [0.717, 1.165) is 37.7 Å². The summed E-state index contributed by atoms with van der Waals surface area (Å²) < 4.78 is 5.43. The van der Waals surface area contributed by atoms with Gasteiger partial charge in [-0.1, -0.05) is 25.5 Å². The zero-order valence-electron chi connectivity index (χ0n) is 10.4. The Morgan fingerprint density at radius 1 is 1.29 bits per heavy atom. The molecule has 2 rings (SSSR count). The number of benzene rings is 1. The predicted octanol–water partition coefficient (Wildman–Crippen LogP) is 2.35. The minimum Gasteiger partial charge on any atom is -0.476 e. The summed E-state index contributed by atoms with van der Waals surface area (Å²) in [5.41, 5.74) is 2.39. The number of hydrogen-bond donors (Lipinski definition) is 1. The fourth-order valence-electron chi connectivity index (χ4n) is 1.81. The molecule has 0 saturated carbocycles. The van der Waals surface area contributed by atoms with Crippen LogP contribution in [0.25, 0.3) is 0 Å². The molecule has 1 aromatic carbocycles. The lowest BCUT2D eigenvalue weighted by Gasteiger charge is -2.05. The first-order chi connectivity index (χ1) is 8.40. The fourth-order valence-corrected chi connectivity index (χ4v) is 1.81. The highest BCUT2D eigenvalue weighted by molar-refractivity contribution is 5.94. The topological polar surface area (TPSA) is 33.6 Å².